The van der Waals surface area contributed by atoms with Gasteiger partial charge in [-0.15, -0.1) is 5.10 Å². The highest BCUT2D eigenvalue weighted by Gasteiger charge is 2.43. The third-order valence-electron chi connectivity index (χ3n) is 6.11. The molecule has 2 aromatic carbocycles. The number of nitriles is 1. The first-order valence-corrected chi connectivity index (χ1v) is 10.9. The molecule has 0 bridgehead atoms. The Hall–Kier alpha value is -4.19. The molecule has 0 saturated heterocycles. The summed E-state index contributed by atoms with van der Waals surface area (Å²) in [4.78, 5) is 17.2. The van der Waals surface area contributed by atoms with E-state index in [1.807, 2.05) is 12.1 Å². The van der Waals surface area contributed by atoms with E-state index in [2.05, 4.69) is 10.1 Å². The predicted octanol–water partition coefficient (Wildman–Crippen LogP) is 4.25. The summed E-state index contributed by atoms with van der Waals surface area (Å²) in [6.07, 6.45) is 5.84. The van der Waals surface area contributed by atoms with Gasteiger partial charge in [0.25, 0.3) is 11.7 Å². The normalized spacial score (nSPS) is 20.7. The largest absolute Gasteiger partial charge is 0.271 e. The number of carbonyl (C=O) groups is 1. The van der Waals surface area contributed by atoms with Gasteiger partial charge >= 0.3 is 0 Å². The second kappa shape index (κ2) is 8.98. The topological polar surface area (TPSA) is 87.2 Å². The monoisotopic (exact) mass is 458 g/mol. The number of halogens is 2. The second-order valence-electron chi connectivity index (χ2n) is 8.32. The van der Waals surface area contributed by atoms with Crippen LogP contribution in [0.2, 0.25) is 0 Å². The SMILES string of the molecule is N#Cc1ncn(CC(=O)N2N=C3/C(=C/c4ccc(F)cc4)CCCC3C2c2ccc(F)cc2)n1. The number of benzene rings is 2. The van der Waals surface area contributed by atoms with Crippen molar-refractivity contribution in [2.75, 3.05) is 0 Å². The Bertz CT molecular complexity index is 1320. The maximum Gasteiger partial charge on any atom is 0.265 e. The van der Waals surface area contributed by atoms with Gasteiger partial charge in [0, 0.05) is 5.92 Å². The molecule has 1 amide bonds. The van der Waals surface area contributed by atoms with Crippen LogP contribution in [0.3, 0.4) is 0 Å². The lowest BCUT2D eigenvalue weighted by molar-refractivity contribution is -0.134. The van der Waals surface area contributed by atoms with E-state index >= 15 is 0 Å². The van der Waals surface area contributed by atoms with Crippen LogP contribution in [0, 0.1) is 28.9 Å². The van der Waals surface area contributed by atoms with E-state index in [-0.39, 0.29) is 41.9 Å². The molecular weight excluding hydrogens is 438 g/mol. The number of fused-ring (bicyclic) bond motifs is 1. The standard InChI is InChI=1S/C25H20F2N6O/c26-19-8-4-16(5-9-19)12-18-2-1-3-21-24(18)31-33(25(21)17-6-10-20(27)11-7-17)23(34)14-32-15-29-22(13-28)30-32/h4-12,15,21,25H,1-3,14H2/b18-12+. The van der Waals surface area contributed by atoms with Crippen molar-refractivity contribution in [1.82, 2.24) is 19.8 Å². The third kappa shape index (κ3) is 4.22. The maximum atomic E-state index is 13.6. The van der Waals surface area contributed by atoms with Crippen LogP contribution in [0.25, 0.3) is 6.08 Å². The molecule has 1 aromatic heterocycles. The second-order valence-corrected chi connectivity index (χ2v) is 8.32. The summed E-state index contributed by atoms with van der Waals surface area (Å²) in [6.45, 7) is -0.132. The van der Waals surface area contributed by atoms with Crippen molar-refractivity contribution in [2.24, 2.45) is 11.0 Å². The molecule has 1 saturated carbocycles. The minimum Gasteiger partial charge on any atom is -0.271 e. The van der Waals surface area contributed by atoms with Gasteiger partial charge in [0.2, 0.25) is 0 Å². The number of allylic oxidation sites excluding steroid dienone is 1. The predicted molar refractivity (Wildman–Crippen MR) is 120 cm³/mol. The Morgan fingerprint density at radius 1 is 1.12 bits per heavy atom. The average molecular weight is 458 g/mol. The Morgan fingerprint density at radius 3 is 2.50 bits per heavy atom. The highest BCUT2D eigenvalue weighted by Crippen LogP contribution is 2.44. The minimum atomic E-state index is -0.390. The van der Waals surface area contributed by atoms with Gasteiger partial charge in [-0.1, -0.05) is 24.3 Å². The zero-order valence-corrected chi connectivity index (χ0v) is 18.1. The van der Waals surface area contributed by atoms with Gasteiger partial charge in [0.15, 0.2) is 0 Å². The molecule has 2 aliphatic rings. The van der Waals surface area contributed by atoms with Crippen molar-refractivity contribution in [3.63, 3.8) is 0 Å². The first-order valence-electron chi connectivity index (χ1n) is 10.9. The Morgan fingerprint density at radius 2 is 1.82 bits per heavy atom. The van der Waals surface area contributed by atoms with Crippen LogP contribution in [0.1, 0.15) is 42.3 Å². The lowest BCUT2D eigenvalue weighted by atomic mass is 9.77. The summed E-state index contributed by atoms with van der Waals surface area (Å²) >= 11 is 0. The summed E-state index contributed by atoms with van der Waals surface area (Å²) in [7, 11) is 0. The van der Waals surface area contributed by atoms with Gasteiger partial charge in [0.1, 0.15) is 30.6 Å². The number of nitrogens with zero attached hydrogens (tertiary/aromatic N) is 6. The number of hydrogen-bond donors (Lipinski definition) is 0. The number of amides is 1. The smallest absolute Gasteiger partial charge is 0.265 e. The zero-order chi connectivity index (χ0) is 23.7. The summed E-state index contributed by atoms with van der Waals surface area (Å²) in [6, 6.07) is 13.8. The van der Waals surface area contributed by atoms with Crippen molar-refractivity contribution < 1.29 is 13.6 Å². The lowest BCUT2D eigenvalue weighted by Crippen LogP contribution is -2.34. The number of hydrazone groups is 1. The van der Waals surface area contributed by atoms with Gasteiger partial charge in [-0.3, -0.25) is 4.79 Å². The van der Waals surface area contributed by atoms with Crippen LogP contribution >= 0.6 is 0 Å². The highest BCUT2D eigenvalue weighted by atomic mass is 19.1. The molecule has 1 aliphatic heterocycles. The fourth-order valence-electron chi connectivity index (χ4n) is 4.59. The number of hydrogen-bond acceptors (Lipinski definition) is 5. The zero-order valence-electron chi connectivity index (χ0n) is 18.1. The van der Waals surface area contributed by atoms with Gasteiger partial charge < -0.3 is 0 Å². The van der Waals surface area contributed by atoms with Gasteiger partial charge in [-0.2, -0.15) is 10.4 Å². The molecule has 1 fully saturated rings. The first-order chi connectivity index (χ1) is 16.5. The van der Waals surface area contributed by atoms with Crippen molar-refractivity contribution in [1.29, 1.82) is 5.26 Å². The van der Waals surface area contributed by atoms with Crippen LogP contribution in [0.5, 0.6) is 0 Å². The molecule has 170 valence electrons. The van der Waals surface area contributed by atoms with E-state index in [1.165, 1.54) is 40.3 Å². The van der Waals surface area contributed by atoms with Crippen LogP contribution in [0.15, 0.2) is 65.5 Å². The van der Waals surface area contributed by atoms with Crippen molar-refractivity contribution in [2.45, 2.75) is 31.8 Å². The van der Waals surface area contributed by atoms with Crippen LogP contribution < -0.4 is 0 Å². The molecule has 2 unspecified atom stereocenters. The minimum absolute atomic E-state index is 0.0196. The van der Waals surface area contributed by atoms with Gasteiger partial charge in [-0.05, 0) is 66.3 Å². The maximum absolute atomic E-state index is 13.6. The average Bonchev–Trinajstić information content (AvgIpc) is 3.46. The summed E-state index contributed by atoms with van der Waals surface area (Å²) < 4.78 is 28.3. The van der Waals surface area contributed by atoms with Crippen molar-refractivity contribution >= 4 is 17.7 Å². The number of aromatic nitrogens is 3. The Labute approximate surface area is 194 Å². The van der Waals surface area contributed by atoms with E-state index in [0.717, 1.165) is 41.7 Å². The summed E-state index contributed by atoms with van der Waals surface area (Å²) in [5.74, 6) is -1.04. The third-order valence-corrected chi connectivity index (χ3v) is 6.11. The van der Waals surface area contributed by atoms with E-state index in [4.69, 9.17) is 10.4 Å². The molecule has 0 N–H and O–H groups in total. The number of rotatable bonds is 4. The molecule has 1 aliphatic carbocycles. The Kier molecular flexibility index (Phi) is 5.72. The van der Waals surface area contributed by atoms with Crippen molar-refractivity contribution in [3.8, 4) is 6.07 Å². The molecular formula is C25H20F2N6O. The summed E-state index contributed by atoms with van der Waals surface area (Å²) in [5, 5.41) is 19.1. The van der Waals surface area contributed by atoms with E-state index in [0.29, 0.717) is 0 Å². The van der Waals surface area contributed by atoms with E-state index < -0.39 is 0 Å². The molecule has 2 atom stereocenters. The van der Waals surface area contributed by atoms with Gasteiger partial charge in [0.05, 0.1) is 11.8 Å². The van der Waals surface area contributed by atoms with Crippen LogP contribution in [0.4, 0.5) is 8.78 Å². The van der Waals surface area contributed by atoms with Crippen LogP contribution in [-0.4, -0.2) is 31.4 Å². The fraction of sp³-hybridized carbons (Fsp3) is 0.240. The van der Waals surface area contributed by atoms with E-state index in [9.17, 15) is 13.6 Å². The molecule has 5 rings (SSSR count). The van der Waals surface area contributed by atoms with E-state index in [1.54, 1.807) is 24.3 Å². The molecule has 3 aromatic rings. The first kappa shape index (κ1) is 21.6. The molecule has 0 radical (unpaired) electrons. The quantitative estimate of drug-likeness (QED) is 0.585. The Balaban J connectivity index is 1.51. The molecule has 9 heteroatoms. The molecule has 34 heavy (non-hydrogen) atoms. The summed E-state index contributed by atoms with van der Waals surface area (Å²) in [5.41, 5.74) is 3.46. The van der Waals surface area contributed by atoms with Crippen molar-refractivity contribution in [3.05, 3.63) is 89.0 Å². The fourth-order valence-corrected chi connectivity index (χ4v) is 4.59. The molecule has 7 nitrogen and oxygen atoms in total. The molecule has 0 spiro atoms. The lowest BCUT2D eigenvalue weighted by Gasteiger charge is -2.29. The molecule has 2 heterocycles. The highest BCUT2D eigenvalue weighted by molar-refractivity contribution is 6.08. The number of carbonyl (C=O) groups excluding carboxylic acids is 1. The van der Waals surface area contributed by atoms with Crippen LogP contribution in [-0.2, 0) is 11.3 Å². The van der Waals surface area contributed by atoms with Gasteiger partial charge in [-0.25, -0.2) is 23.5 Å².